The summed E-state index contributed by atoms with van der Waals surface area (Å²) < 4.78 is 7.06. The van der Waals surface area contributed by atoms with Gasteiger partial charge in [0.1, 0.15) is 17.0 Å². The van der Waals surface area contributed by atoms with E-state index in [1.165, 1.54) is 18.2 Å². The van der Waals surface area contributed by atoms with Gasteiger partial charge in [0.2, 0.25) is 0 Å². The fraction of sp³-hybridized carbons (Fsp3) is 0.111. The number of nitro groups is 1. The Labute approximate surface area is 269 Å². The van der Waals surface area contributed by atoms with Crippen LogP contribution in [0, 0.1) is 39.7 Å². The third-order valence-corrected chi connectivity index (χ3v) is 8.57. The predicted molar refractivity (Wildman–Crippen MR) is 175 cm³/mol. The van der Waals surface area contributed by atoms with E-state index in [9.17, 15) is 30.2 Å². The van der Waals surface area contributed by atoms with Gasteiger partial charge >= 0.3 is 5.97 Å². The number of nitrogens with zero attached hydrogens (tertiary/aromatic N) is 4. The Morgan fingerprint density at radius 3 is 2.17 bits per heavy atom. The standard InChI is InChI=1S/C36H26N4O5S/c1-3-45-36(42)35-23(2)30(22-38)33(46-35)20-32(41)27(21-37)18-26-19-31(24-10-6-4-7-11-24)39(34(26)25-12-8-5-9-13-25)28-14-16-29(17-15-28)40(43)44/h4-19H,3,20H2,1-2H3. The van der Waals surface area contributed by atoms with E-state index >= 15 is 0 Å². The average molecular weight is 627 g/mol. The average Bonchev–Trinajstić information content (AvgIpc) is 3.61. The number of esters is 1. The van der Waals surface area contributed by atoms with E-state index in [-0.39, 0.29) is 34.7 Å². The lowest BCUT2D eigenvalue weighted by Crippen LogP contribution is -2.05. The molecule has 226 valence electrons. The maximum Gasteiger partial charge on any atom is 0.348 e. The monoisotopic (exact) mass is 626 g/mol. The minimum absolute atomic E-state index is 0.0532. The van der Waals surface area contributed by atoms with Crippen LogP contribution in [0.4, 0.5) is 5.69 Å². The summed E-state index contributed by atoms with van der Waals surface area (Å²) >= 11 is 1.02. The summed E-state index contributed by atoms with van der Waals surface area (Å²) in [5.41, 5.74) is 4.74. The van der Waals surface area contributed by atoms with Gasteiger partial charge < -0.3 is 9.30 Å². The number of thiophene rings is 1. The molecule has 9 nitrogen and oxygen atoms in total. The van der Waals surface area contributed by atoms with Crippen molar-refractivity contribution in [3.8, 4) is 40.3 Å². The van der Waals surface area contributed by atoms with Gasteiger partial charge in [-0.25, -0.2) is 4.79 Å². The van der Waals surface area contributed by atoms with Crippen molar-refractivity contribution >= 4 is 34.9 Å². The summed E-state index contributed by atoms with van der Waals surface area (Å²) in [6.07, 6.45) is 1.28. The molecule has 0 aliphatic carbocycles. The number of nitro benzene ring substituents is 1. The molecule has 0 N–H and O–H groups in total. The SMILES string of the molecule is CCOC(=O)c1sc(CC(=O)C(C#N)=Cc2cc(-c3ccccc3)n(-c3ccc([N+](=O)[O-])cc3)c2-c2ccccc2)c(C#N)c1C. The van der Waals surface area contributed by atoms with E-state index in [1.54, 1.807) is 26.0 Å². The highest BCUT2D eigenvalue weighted by atomic mass is 32.1. The number of carbonyl (C=O) groups is 2. The van der Waals surface area contributed by atoms with Gasteiger partial charge in [-0.05, 0) is 54.8 Å². The highest BCUT2D eigenvalue weighted by Crippen LogP contribution is 2.38. The molecule has 10 heteroatoms. The normalized spacial score (nSPS) is 11.0. The first-order valence-electron chi connectivity index (χ1n) is 14.2. The van der Waals surface area contributed by atoms with Crippen LogP contribution in [0.3, 0.4) is 0 Å². The number of ether oxygens (including phenoxy) is 1. The molecule has 0 saturated carbocycles. The number of non-ortho nitro benzene ring substituents is 1. The molecule has 0 amide bonds. The highest BCUT2D eigenvalue weighted by Gasteiger charge is 2.25. The molecule has 2 aromatic heterocycles. The Morgan fingerprint density at radius 2 is 1.61 bits per heavy atom. The van der Waals surface area contributed by atoms with Crippen molar-refractivity contribution in [3.05, 3.63) is 133 Å². The summed E-state index contributed by atoms with van der Waals surface area (Å²) in [6.45, 7) is 3.48. The van der Waals surface area contributed by atoms with Crippen LogP contribution in [0.5, 0.6) is 0 Å². The lowest BCUT2D eigenvalue weighted by Gasteiger charge is -2.15. The molecule has 0 fully saturated rings. The minimum atomic E-state index is -0.565. The molecule has 0 spiro atoms. The molecule has 46 heavy (non-hydrogen) atoms. The zero-order valence-electron chi connectivity index (χ0n) is 24.9. The van der Waals surface area contributed by atoms with Gasteiger partial charge in [0.05, 0.1) is 34.1 Å². The van der Waals surface area contributed by atoms with Crippen LogP contribution < -0.4 is 0 Å². The van der Waals surface area contributed by atoms with Crippen molar-refractivity contribution in [3.63, 3.8) is 0 Å². The number of Topliss-reactive ketones (excluding diaryl/α,β-unsaturated/α-hetero) is 1. The van der Waals surface area contributed by atoms with Gasteiger partial charge in [0.25, 0.3) is 5.69 Å². The molecule has 5 aromatic rings. The van der Waals surface area contributed by atoms with Crippen molar-refractivity contribution in [1.82, 2.24) is 4.57 Å². The third-order valence-electron chi connectivity index (χ3n) is 7.30. The summed E-state index contributed by atoms with van der Waals surface area (Å²) in [4.78, 5) is 37.6. The van der Waals surface area contributed by atoms with Crippen molar-refractivity contribution in [1.29, 1.82) is 10.5 Å². The number of rotatable bonds is 10. The first-order chi connectivity index (χ1) is 22.3. The van der Waals surface area contributed by atoms with E-state index in [1.807, 2.05) is 77.4 Å². The van der Waals surface area contributed by atoms with Crippen molar-refractivity contribution in [2.24, 2.45) is 0 Å². The van der Waals surface area contributed by atoms with Crippen LogP contribution in [0.25, 0.3) is 34.3 Å². The Balaban J connectivity index is 1.67. The number of allylic oxidation sites excluding steroid dienone is 1. The number of aromatic nitrogens is 1. The van der Waals surface area contributed by atoms with Gasteiger partial charge in [0.15, 0.2) is 5.78 Å². The van der Waals surface area contributed by atoms with Gasteiger partial charge in [-0.2, -0.15) is 10.5 Å². The van der Waals surface area contributed by atoms with Gasteiger partial charge in [-0.15, -0.1) is 11.3 Å². The Kier molecular flexibility index (Phi) is 9.32. The molecule has 0 bridgehead atoms. The van der Waals surface area contributed by atoms with Crippen LogP contribution in [-0.2, 0) is 16.0 Å². The van der Waals surface area contributed by atoms with Crippen molar-refractivity contribution < 1.29 is 19.2 Å². The zero-order valence-corrected chi connectivity index (χ0v) is 25.7. The molecule has 2 heterocycles. The summed E-state index contributed by atoms with van der Waals surface area (Å²) in [6, 6.07) is 31.1. The predicted octanol–water partition coefficient (Wildman–Crippen LogP) is 7.86. The summed E-state index contributed by atoms with van der Waals surface area (Å²) in [5, 5.41) is 31.4. The molecule has 3 aromatic carbocycles. The molecule has 0 aliphatic heterocycles. The lowest BCUT2D eigenvalue weighted by atomic mass is 10.0. The number of benzene rings is 3. The van der Waals surface area contributed by atoms with Crippen LogP contribution in [0.1, 0.15) is 38.2 Å². The number of carbonyl (C=O) groups excluding carboxylic acids is 2. The van der Waals surface area contributed by atoms with E-state index in [0.717, 1.165) is 28.2 Å². The molecule has 5 rings (SSSR count). The number of hydrogen-bond donors (Lipinski definition) is 0. The van der Waals surface area contributed by atoms with Crippen molar-refractivity contribution in [2.45, 2.75) is 20.3 Å². The molecular formula is C36H26N4O5S. The smallest absolute Gasteiger partial charge is 0.348 e. The fourth-order valence-corrected chi connectivity index (χ4v) is 6.30. The van der Waals surface area contributed by atoms with Gasteiger partial charge in [-0.1, -0.05) is 60.7 Å². The van der Waals surface area contributed by atoms with Crippen LogP contribution in [0.2, 0.25) is 0 Å². The fourth-order valence-electron chi connectivity index (χ4n) is 5.15. The van der Waals surface area contributed by atoms with Crippen LogP contribution in [-0.4, -0.2) is 27.8 Å². The molecule has 0 saturated heterocycles. The molecule has 0 unspecified atom stereocenters. The van der Waals surface area contributed by atoms with E-state index in [0.29, 0.717) is 27.4 Å². The number of hydrogen-bond acceptors (Lipinski definition) is 8. The topological polar surface area (TPSA) is 139 Å². The molecule has 0 atom stereocenters. The number of nitriles is 2. The first-order valence-corrected chi connectivity index (χ1v) is 15.0. The van der Waals surface area contributed by atoms with E-state index < -0.39 is 16.7 Å². The van der Waals surface area contributed by atoms with E-state index in [2.05, 4.69) is 6.07 Å². The number of ketones is 1. The Bertz CT molecular complexity index is 2060. The van der Waals surface area contributed by atoms with Gasteiger partial charge in [-0.3, -0.25) is 14.9 Å². The molecule has 0 aliphatic rings. The molecular weight excluding hydrogens is 600 g/mol. The molecule has 0 radical (unpaired) electrons. The largest absolute Gasteiger partial charge is 0.462 e. The summed E-state index contributed by atoms with van der Waals surface area (Å²) in [5.74, 6) is -1.08. The van der Waals surface area contributed by atoms with Gasteiger partial charge in [0, 0.05) is 34.7 Å². The second kappa shape index (κ2) is 13.7. The Hall–Kier alpha value is -6.10. The van der Waals surface area contributed by atoms with Crippen LogP contribution in [0.15, 0.2) is 96.6 Å². The highest BCUT2D eigenvalue weighted by molar-refractivity contribution is 7.14. The van der Waals surface area contributed by atoms with Crippen LogP contribution >= 0.6 is 11.3 Å². The van der Waals surface area contributed by atoms with E-state index in [4.69, 9.17) is 4.74 Å². The van der Waals surface area contributed by atoms with Crippen molar-refractivity contribution in [2.75, 3.05) is 6.61 Å². The maximum atomic E-state index is 13.6. The third kappa shape index (κ3) is 6.25. The minimum Gasteiger partial charge on any atom is -0.462 e. The second-order valence-corrected chi connectivity index (χ2v) is 11.2. The lowest BCUT2D eigenvalue weighted by molar-refractivity contribution is -0.384. The summed E-state index contributed by atoms with van der Waals surface area (Å²) in [7, 11) is 0. The first kappa shape index (κ1) is 31.3. The second-order valence-electron chi connectivity index (χ2n) is 10.1. The quantitative estimate of drug-likeness (QED) is 0.0505. The zero-order chi connectivity index (χ0) is 32.8. The Morgan fingerprint density at radius 1 is 0.978 bits per heavy atom. The maximum absolute atomic E-state index is 13.6.